The average Bonchev–Trinajstić information content (AvgIpc) is 3.71. The van der Waals surface area contributed by atoms with Gasteiger partial charge in [0.25, 0.3) is 0 Å². The summed E-state index contributed by atoms with van der Waals surface area (Å²) in [6.45, 7) is 2.09. The minimum Gasteiger partial charge on any atom is -0.324 e. The van der Waals surface area contributed by atoms with Gasteiger partial charge in [0.2, 0.25) is 5.91 Å². The summed E-state index contributed by atoms with van der Waals surface area (Å²) < 4.78 is 0. The van der Waals surface area contributed by atoms with E-state index < -0.39 is 0 Å². The first kappa shape index (κ1) is 23.9. The Bertz CT molecular complexity index is 2010. The van der Waals surface area contributed by atoms with E-state index in [1.165, 1.54) is 4.88 Å². The molecule has 0 radical (unpaired) electrons. The predicted octanol–water partition coefficient (Wildman–Crippen LogP) is 6.18. The SMILES string of the molecule is Cc1ccc(-c2ccnc3[nH]c(-c4n[nH]c5ncc(-c6cncc(NC(=O)Cc7ccccc7)c6)cc45)nc23)s1. The zero-order valence-electron chi connectivity index (χ0n) is 21.3. The van der Waals surface area contributed by atoms with Gasteiger partial charge in [-0.3, -0.25) is 14.9 Å². The number of aromatic amines is 2. The van der Waals surface area contributed by atoms with Crippen LogP contribution in [0.2, 0.25) is 0 Å². The van der Waals surface area contributed by atoms with Gasteiger partial charge in [0, 0.05) is 45.0 Å². The topological polar surface area (TPSA) is 125 Å². The van der Waals surface area contributed by atoms with E-state index in [4.69, 9.17) is 4.98 Å². The number of aryl methyl sites for hydroxylation is 1. The quantitative estimate of drug-likeness (QED) is 0.231. The Morgan fingerprint density at radius 1 is 0.950 bits per heavy atom. The van der Waals surface area contributed by atoms with Crippen molar-refractivity contribution in [3.05, 3.63) is 95.9 Å². The second-order valence-corrected chi connectivity index (χ2v) is 10.7. The number of hydrogen-bond donors (Lipinski definition) is 3. The molecule has 0 atom stereocenters. The van der Waals surface area contributed by atoms with Gasteiger partial charge in [-0.1, -0.05) is 30.3 Å². The van der Waals surface area contributed by atoms with E-state index in [2.05, 4.69) is 54.5 Å². The lowest BCUT2D eigenvalue weighted by Gasteiger charge is -2.07. The van der Waals surface area contributed by atoms with Crippen LogP contribution in [0, 0.1) is 6.92 Å². The van der Waals surface area contributed by atoms with Gasteiger partial charge in [-0.15, -0.1) is 11.3 Å². The molecule has 6 aromatic heterocycles. The van der Waals surface area contributed by atoms with Crippen LogP contribution in [-0.2, 0) is 11.2 Å². The summed E-state index contributed by atoms with van der Waals surface area (Å²) in [6.07, 6.45) is 7.21. The summed E-state index contributed by atoms with van der Waals surface area (Å²) in [5.41, 5.74) is 7.03. The van der Waals surface area contributed by atoms with E-state index in [1.54, 1.807) is 36.1 Å². The molecule has 9 nitrogen and oxygen atoms in total. The van der Waals surface area contributed by atoms with Gasteiger partial charge in [0.1, 0.15) is 11.2 Å². The van der Waals surface area contributed by atoms with Crippen molar-refractivity contribution in [1.29, 1.82) is 0 Å². The van der Waals surface area contributed by atoms with Crippen molar-refractivity contribution >= 4 is 45.1 Å². The Hall–Kier alpha value is -5.22. The van der Waals surface area contributed by atoms with Crippen LogP contribution in [0.1, 0.15) is 10.4 Å². The largest absolute Gasteiger partial charge is 0.324 e. The molecule has 194 valence electrons. The minimum atomic E-state index is -0.105. The third-order valence-electron chi connectivity index (χ3n) is 6.59. The van der Waals surface area contributed by atoms with Crippen molar-refractivity contribution in [3.63, 3.8) is 0 Å². The third-order valence-corrected chi connectivity index (χ3v) is 7.63. The molecule has 1 aromatic carbocycles. The first-order valence-corrected chi connectivity index (χ1v) is 13.5. The van der Waals surface area contributed by atoms with Crippen LogP contribution < -0.4 is 5.32 Å². The molecule has 6 heterocycles. The van der Waals surface area contributed by atoms with E-state index in [9.17, 15) is 4.79 Å². The number of benzene rings is 1. The number of carbonyl (C=O) groups is 1. The maximum absolute atomic E-state index is 12.6. The summed E-state index contributed by atoms with van der Waals surface area (Å²) >= 11 is 1.72. The number of nitrogens with one attached hydrogen (secondary N) is 3. The molecule has 0 spiro atoms. The number of nitrogens with zero attached hydrogens (tertiary/aromatic N) is 5. The zero-order chi connectivity index (χ0) is 27.1. The zero-order valence-corrected chi connectivity index (χ0v) is 22.2. The van der Waals surface area contributed by atoms with Gasteiger partial charge in [-0.05, 0) is 42.8 Å². The van der Waals surface area contributed by atoms with Crippen molar-refractivity contribution in [2.45, 2.75) is 13.3 Å². The van der Waals surface area contributed by atoms with Crippen molar-refractivity contribution < 1.29 is 4.79 Å². The number of anilines is 1. The second kappa shape index (κ2) is 9.83. The fourth-order valence-electron chi connectivity index (χ4n) is 4.70. The van der Waals surface area contributed by atoms with Crippen LogP contribution in [0.15, 0.2) is 85.5 Å². The van der Waals surface area contributed by atoms with Gasteiger partial charge in [0.15, 0.2) is 17.1 Å². The number of pyridine rings is 3. The lowest BCUT2D eigenvalue weighted by atomic mass is 10.1. The van der Waals surface area contributed by atoms with Gasteiger partial charge < -0.3 is 10.3 Å². The van der Waals surface area contributed by atoms with Gasteiger partial charge in [-0.25, -0.2) is 15.0 Å². The second-order valence-electron chi connectivity index (χ2n) is 9.42. The molecule has 3 N–H and O–H groups in total. The van der Waals surface area contributed by atoms with Gasteiger partial charge in [-0.2, -0.15) is 5.10 Å². The molecule has 0 saturated heterocycles. The molecule has 40 heavy (non-hydrogen) atoms. The molecule has 0 aliphatic rings. The standard InChI is InChI=1S/C30H22N8OS/c1-17-7-8-24(40-17)22-9-10-32-29-26(22)35-30(36-29)27-23-13-20(15-33-28(23)38-37-27)19-12-21(16-31-14-19)34-25(39)11-18-5-3-2-4-6-18/h2-10,12-16H,11H2,1H3,(H,34,39)(H,32,35,36)(H,33,37,38). The average molecular weight is 543 g/mol. The minimum absolute atomic E-state index is 0.105. The van der Waals surface area contributed by atoms with Crippen LogP contribution in [0.4, 0.5) is 5.69 Å². The van der Waals surface area contributed by atoms with E-state index in [0.717, 1.165) is 38.0 Å². The first-order chi connectivity index (χ1) is 19.6. The number of fused-ring (bicyclic) bond motifs is 2. The van der Waals surface area contributed by atoms with Crippen molar-refractivity contribution in [1.82, 2.24) is 35.1 Å². The van der Waals surface area contributed by atoms with Crippen LogP contribution in [-0.4, -0.2) is 41.0 Å². The number of hydrogen-bond acceptors (Lipinski definition) is 7. The van der Waals surface area contributed by atoms with E-state index in [-0.39, 0.29) is 12.3 Å². The summed E-state index contributed by atoms with van der Waals surface area (Å²) in [6, 6.07) is 19.7. The van der Waals surface area contributed by atoms with Gasteiger partial charge >= 0.3 is 0 Å². The Kier molecular flexibility index (Phi) is 5.86. The molecule has 0 aliphatic heterocycles. The molecule has 0 unspecified atom stereocenters. The fourth-order valence-corrected chi connectivity index (χ4v) is 5.59. The Morgan fingerprint density at radius 2 is 1.82 bits per heavy atom. The maximum Gasteiger partial charge on any atom is 0.228 e. The van der Waals surface area contributed by atoms with Crippen molar-refractivity contribution in [2.24, 2.45) is 0 Å². The Balaban J connectivity index is 1.21. The highest BCUT2D eigenvalue weighted by Crippen LogP contribution is 2.34. The molecular formula is C30H22N8OS. The number of imidazole rings is 1. The van der Waals surface area contributed by atoms with Crippen LogP contribution in [0.3, 0.4) is 0 Å². The highest BCUT2D eigenvalue weighted by Gasteiger charge is 2.18. The normalized spacial score (nSPS) is 11.3. The lowest BCUT2D eigenvalue weighted by Crippen LogP contribution is -2.14. The van der Waals surface area contributed by atoms with Crippen LogP contribution in [0.5, 0.6) is 0 Å². The number of aromatic nitrogens is 7. The maximum atomic E-state index is 12.6. The van der Waals surface area contributed by atoms with E-state index >= 15 is 0 Å². The first-order valence-electron chi connectivity index (χ1n) is 12.7. The number of thiophene rings is 1. The monoisotopic (exact) mass is 542 g/mol. The van der Waals surface area contributed by atoms with Gasteiger partial charge in [0.05, 0.1) is 23.7 Å². The van der Waals surface area contributed by atoms with E-state index in [0.29, 0.717) is 28.5 Å². The highest BCUT2D eigenvalue weighted by atomic mass is 32.1. The Morgan fingerprint density at radius 3 is 2.67 bits per heavy atom. The molecule has 0 aliphatic carbocycles. The van der Waals surface area contributed by atoms with Crippen molar-refractivity contribution in [2.75, 3.05) is 5.32 Å². The molecule has 0 saturated carbocycles. The molecule has 7 rings (SSSR count). The highest BCUT2D eigenvalue weighted by molar-refractivity contribution is 7.15. The molecule has 0 bridgehead atoms. The predicted molar refractivity (Wildman–Crippen MR) is 157 cm³/mol. The summed E-state index contributed by atoms with van der Waals surface area (Å²) in [7, 11) is 0. The fraction of sp³-hybridized carbons (Fsp3) is 0.0667. The molecular weight excluding hydrogens is 520 g/mol. The molecule has 7 aromatic rings. The molecule has 0 fully saturated rings. The van der Waals surface area contributed by atoms with Crippen LogP contribution >= 0.6 is 11.3 Å². The van der Waals surface area contributed by atoms with Crippen molar-refractivity contribution in [3.8, 4) is 33.1 Å². The lowest BCUT2D eigenvalue weighted by molar-refractivity contribution is -0.115. The summed E-state index contributed by atoms with van der Waals surface area (Å²) in [5.74, 6) is 0.500. The number of carbonyl (C=O) groups excluding carboxylic acids is 1. The summed E-state index contributed by atoms with van der Waals surface area (Å²) in [4.78, 5) is 36.6. The number of H-pyrrole nitrogens is 2. The van der Waals surface area contributed by atoms with E-state index in [1.807, 2.05) is 48.5 Å². The summed E-state index contributed by atoms with van der Waals surface area (Å²) in [5, 5.41) is 11.3. The molecule has 1 amide bonds. The van der Waals surface area contributed by atoms with Crippen LogP contribution in [0.25, 0.3) is 55.3 Å². The third kappa shape index (κ3) is 4.50. The number of amides is 1. The number of rotatable bonds is 6. The smallest absolute Gasteiger partial charge is 0.228 e. The molecule has 10 heteroatoms. The Labute approximate surface area is 232 Å².